The lowest BCUT2D eigenvalue weighted by molar-refractivity contribution is -0.311. The summed E-state index contributed by atoms with van der Waals surface area (Å²) in [5, 5.41) is 12.2. The second-order valence-electron chi connectivity index (χ2n) is 13.9. The van der Waals surface area contributed by atoms with E-state index in [0.717, 1.165) is 16.7 Å². The Labute approximate surface area is 336 Å². The summed E-state index contributed by atoms with van der Waals surface area (Å²) in [5.74, 6) is -5.61. The lowest BCUT2D eigenvalue weighted by Gasteiger charge is -2.48. The number of carbonyl (C=O) groups excluding carboxylic acids is 1. The molecule has 5 aromatic rings. The maximum absolute atomic E-state index is 17.1. The van der Waals surface area contributed by atoms with Gasteiger partial charge < -0.3 is 38.8 Å². The van der Waals surface area contributed by atoms with E-state index in [0.29, 0.717) is 11.1 Å². The van der Waals surface area contributed by atoms with Crippen molar-refractivity contribution in [2.75, 3.05) is 6.61 Å². The molecule has 0 aromatic heterocycles. The molecule has 1 aliphatic rings. The summed E-state index contributed by atoms with van der Waals surface area (Å²) in [4.78, 5) is 25.2. The number of alkyl carbamates (subject to hydrolysis) is 1. The first-order valence-corrected chi connectivity index (χ1v) is 19.1. The van der Waals surface area contributed by atoms with Gasteiger partial charge in [-0.2, -0.15) is 0 Å². The van der Waals surface area contributed by atoms with Gasteiger partial charge in [0, 0.05) is 6.42 Å². The number of carboxylic acids is 1. The highest BCUT2D eigenvalue weighted by molar-refractivity contribution is 5.80. The van der Waals surface area contributed by atoms with Gasteiger partial charge in [-0.05, 0) is 27.8 Å². The predicted octanol–water partition coefficient (Wildman–Crippen LogP) is 8.13. The van der Waals surface area contributed by atoms with Crippen molar-refractivity contribution in [3.8, 4) is 0 Å². The van der Waals surface area contributed by atoms with Crippen LogP contribution in [0, 0.1) is 0 Å². The molecule has 304 valence electrons. The van der Waals surface area contributed by atoms with Crippen molar-refractivity contribution in [3.63, 3.8) is 0 Å². The lowest BCUT2D eigenvalue weighted by atomic mass is 9.88. The van der Waals surface area contributed by atoms with Crippen LogP contribution in [0.15, 0.2) is 152 Å². The minimum Gasteiger partial charge on any atom is -0.480 e. The summed E-state index contributed by atoms with van der Waals surface area (Å²) in [6, 6.07) is 43.7. The van der Waals surface area contributed by atoms with Crippen LogP contribution in [0.4, 0.5) is 13.6 Å². The summed E-state index contributed by atoms with van der Waals surface area (Å²) in [6.45, 7) is -0.190. The van der Waals surface area contributed by atoms with Gasteiger partial charge in [-0.1, -0.05) is 152 Å². The van der Waals surface area contributed by atoms with Crippen molar-refractivity contribution in [2.24, 2.45) is 0 Å². The van der Waals surface area contributed by atoms with Crippen LogP contribution in [-0.2, 0) is 66.3 Å². The molecule has 1 fully saturated rings. The predicted molar refractivity (Wildman–Crippen MR) is 211 cm³/mol. The van der Waals surface area contributed by atoms with E-state index >= 15 is 8.78 Å². The molecule has 0 saturated carbocycles. The highest BCUT2D eigenvalue weighted by Crippen LogP contribution is 2.40. The van der Waals surface area contributed by atoms with Crippen molar-refractivity contribution in [2.45, 2.75) is 81.9 Å². The Hall–Kier alpha value is -5.50. The SMILES string of the molecule is O=C(N[C@H](CC(F)(F)[C@@H]1O[C@H](COCc2ccccc2)[C@H](OCc2ccccc2)[C@H](OCc2ccccc2)[C@H]1OCc1ccccc1)C(=O)O)OCc1ccccc1. The minimum absolute atomic E-state index is 0.0182. The molecule has 1 amide bonds. The Morgan fingerprint density at radius 3 is 1.43 bits per heavy atom. The Bertz CT molecular complexity index is 1960. The third kappa shape index (κ3) is 12.5. The van der Waals surface area contributed by atoms with Crippen molar-refractivity contribution in [1.82, 2.24) is 5.32 Å². The zero-order valence-corrected chi connectivity index (χ0v) is 31.8. The molecule has 0 bridgehead atoms. The van der Waals surface area contributed by atoms with Crippen LogP contribution in [0.25, 0.3) is 0 Å². The Kier molecular flexibility index (Phi) is 15.5. The van der Waals surface area contributed by atoms with Crippen molar-refractivity contribution < 1.29 is 51.9 Å². The molecular weight excluding hydrogens is 748 g/mol. The normalized spacial score (nSPS) is 19.9. The summed E-state index contributed by atoms with van der Waals surface area (Å²) >= 11 is 0. The highest BCUT2D eigenvalue weighted by atomic mass is 19.3. The second kappa shape index (κ2) is 21.3. The number of amides is 1. The number of benzene rings is 5. The van der Waals surface area contributed by atoms with E-state index in [9.17, 15) is 14.7 Å². The van der Waals surface area contributed by atoms with Gasteiger partial charge in [0.15, 0.2) is 6.10 Å². The van der Waals surface area contributed by atoms with Crippen molar-refractivity contribution >= 4 is 12.1 Å². The first kappa shape index (κ1) is 42.1. The molecule has 12 heteroatoms. The number of rotatable bonds is 20. The van der Waals surface area contributed by atoms with Crippen LogP contribution in [0.2, 0.25) is 0 Å². The van der Waals surface area contributed by atoms with E-state index in [-0.39, 0.29) is 39.6 Å². The highest BCUT2D eigenvalue weighted by Gasteiger charge is 2.58. The second-order valence-corrected chi connectivity index (χ2v) is 13.9. The maximum Gasteiger partial charge on any atom is 0.408 e. The van der Waals surface area contributed by atoms with E-state index in [1.165, 1.54) is 0 Å². The zero-order valence-electron chi connectivity index (χ0n) is 31.8. The summed E-state index contributed by atoms with van der Waals surface area (Å²) in [6.07, 6.45) is -9.39. The third-order valence-electron chi connectivity index (χ3n) is 9.58. The van der Waals surface area contributed by atoms with E-state index in [2.05, 4.69) is 5.32 Å². The number of ether oxygens (including phenoxy) is 6. The molecular formula is C46H47F2NO9. The summed E-state index contributed by atoms with van der Waals surface area (Å²) in [7, 11) is 0. The topological polar surface area (TPSA) is 122 Å². The van der Waals surface area contributed by atoms with Gasteiger partial charge in [-0.15, -0.1) is 0 Å². The van der Waals surface area contributed by atoms with E-state index in [1.807, 2.05) is 97.1 Å². The zero-order chi connectivity index (χ0) is 40.6. The average molecular weight is 796 g/mol. The van der Waals surface area contributed by atoms with Gasteiger partial charge in [0.2, 0.25) is 0 Å². The molecule has 5 aromatic carbocycles. The van der Waals surface area contributed by atoms with Gasteiger partial charge in [-0.25, -0.2) is 18.4 Å². The molecule has 1 aliphatic heterocycles. The first-order valence-electron chi connectivity index (χ1n) is 19.1. The Balaban J connectivity index is 1.32. The molecule has 0 unspecified atom stereocenters. The number of nitrogens with one attached hydrogen (secondary N) is 1. The van der Waals surface area contributed by atoms with E-state index < -0.39 is 61.0 Å². The largest absolute Gasteiger partial charge is 0.480 e. The van der Waals surface area contributed by atoms with Crippen molar-refractivity contribution in [1.29, 1.82) is 0 Å². The molecule has 1 saturated heterocycles. The summed E-state index contributed by atoms with van der Waals surface area (Å²) in [5.41, 5.74) is 3.80. The van der Waals surface area contributed by atoms with Gasteiger partial charge in [0.25, 0.3) is 5.92 Å². The van der Waals surface area contributed by atoms with Crippen LogP contribution in [0.1, 0.15) is 34.2 Å². The average Bonchev–Trinajstić information content (AvgIpc) is 3.25. The number of aliphatic carboxylic acids is 1. The fourth-order valence-corrected chi connectivity index (χ4v) is 6.62. The molecule has 2 N–H and O–H groups in total. The fraction of sp³-hybridized carbons (Fsp3) is 0.304. The Morgan fingerprint density at radius 2 is 0.983 bits per heavy atom. The van der Waals surface area contributed by atoms with Crippen LogP contribution in [0.3, 0.4) is 0 Å². The maximum atomic E-state index is 17.1. The van der Waals surface area contributed by atoms with Gasteiger partial charge in [0.1, 0.15) is 37.1 Å². The van der Waals surface area contributed by atoms with Gasteiger partial charge in [-0.3, -0.25) is 0 Å². The molecule has 6 rings (SSSR count). The van der Waals surface area contributed by atoms with Crippen LogP contribution >= 0.6 is 0 Å². The van der Waals surface area contributed by atoms with Crippen LogP contribution < -0.4 is 5.32 Å². The molecule has 0 radical (unpaired) electrons. The van der Waals surface area contributed by atoms with Gasteiger partial charge >= 0.3 is 12.1 Å². The number of halogens is 2. The number of carboxylic acid groups (broad SMARTS) is 1. The standard InChI is InChI=1S/C46H47F2NO9/c47-46(48,26-38(44(50)51)49-45(52)57-31-37-24-14-5-15-25-37)43-42(56-30-36-22-12-4-13-23-36)41(55-29-35-20-10-3-11-21-35)40(54-28-34-18-8-2-9-19-34)39(58-43)32-53-27-33-16-6-1-7-17-33/h1-25,38-43H,26-32H2,(H,49,52)(H,50,51)/t38-,39-,40+,41+,42-,43-/m1/s1. The van der Waals surface area contributed by atoms with Gasteiger partial charge in [0.05, 0.1) is 33.0 Å². The molecule has 6 atom stereocenters. The molecule has 0 aliphatic carbocycles. The van der Waals surface area contributed by atoms with Crippen LogP contribution in [0.5, 0.6) is 0 Å². The third-order valence-corrected chi connectivity index (χ3v) is 9.58. The van der Waals surface area contributed by atoms with E-state index in [4.69, 9.17) is 28.4 Å². The number of hydrogen-bond donors (Lipinski definition) is 2. The molecule has 0 spiro atoms. The number of hydrogen-bond acceptors (Lipinski definition) is 8. The molecule has 1 heterocycles. The number of alkyl halides is 2. The monoisotopic (exact) mass is 795 g/mol. The Morgan fingerprint density at radius 1 is 0.586 bits per heavy atom. The van der Waals surface area contributed by atoms with Crippen LogP contribution in [-0.4, -0.2) is 66.3 Å². The number of carbonyl (C=O) groups is 2. The molecule has 58 heavy (non-hydrogen) atoms. The fourth-order valence-electron chi connectivity index (χ4n) is 6.62. The lowest BCUT2D eigenvalue weighted by Crippen LogP contribution is -2.66. The first-order chi connectivity index (χ1) is 28.2. The minimum atomic E-state index is -3.92. The molecule has 10 nitrogen and oxygen atoms in total. The quantitative estimate of drug-likeness (QED) is 0.0805. The summed E-state index contributed by atoms with van der Waals surface area (Å²) < 4.78 is 71.2. The van der Waals surface area contributed by atoms with Crippen molar-refractivity contribution in [3.05, 3.63) is 179 Å². The van der Waals surface area contributed by atoms with E-state index in [1.54, 1.807) is 54.6 Å². The smallest absolute Gasteiger partial charge is 0.408 e.